The van der Waals surface area contributed by atoms with Crippen LogP contribution in [0.3, 0.4) is 0 Å². The molecule has 80 valence electrons. The van der Waals surface area contributed by atoms with Crippen LogP contribution in [0.1, 0.15) is 0 Å². The second kappa shape index (κ2) is 4.61. The van der Waals surface area contributed by atoms with Gasteiger partial charge in [-0.3, -0.25) is 4.99 Å². The Morgan fingerprint density at radius 1 is 1.71 bits per heavy atom. The van der Waals surface area contributed by atoms with Gasteiger partial charge in [-0.15, -0.1) is 0 Å². The minimum Gasteiger partial charge on any atom is -0.374 e. The average molecular weight is 198 g/mol. The van der Waals surface area contributed by atoms with Gasteiger partial charge in [0.05, 0.1) is 19.3 Å². The monoisotopic (exact) mass is 198 g/mol. The molecule has 0 aromatic carbocycles. The SMILES string of the molecule is CN1CCOC(CNC2=NCCN2)C1. The molecule has 2 aliphatic rings. The maximum absolute atomic E-state index is 5.62. The van der Waals surface area contributed by atoms with Crippen molar-refractivity contribution in [1.29, 1.82) is 0 Å². The molecule has 0 amide bonds. The van der Waals surface area contributed by atoms with Crippen molar-refractivity contribution in [3.05, 3.63) is 0 Å². The molecule has 0 radical (unpaired) electrons. The van der Waals surface area contributed by atoms with Crippen LogP contribution in [0.25, 0.3) is 0 Å². The van der Waals surface area contributed by atoms with E-state index in [0.29, 0.717) is 6.10 Å². The predicted molar refractivity (Wildman–Crippen MR) is 55.5 cm³/mol. The molecule has 2 rings (SSSR count). The minimum atomic E-state index is 0.291. The van der Waals surface area contributed by atoms with E-state index in [-0.39, 0.29) is 0 Å². The van der Waals surface area contributed by atoms with Gasteiger partial charge in [0, 0.05) is 26.2 Å². The van der Waals surface area contributed by atoms with Gasteiger partial charge in [-0.25, -0.2) is 0 Å². The Kier molecular flexibility index (Phi) is 3.21. The van der Waals surface area contributed by atoms with E-state index in [2.05, 4.69) is 27.6 Å². The highest BCUT2D eigenvalue weighted by atomic mass is 16.5. The van der Waals surface area contributed by atoms with E-state index in [1.165, 1.54) is 0 Å². The number of morpholine rings is 1. The molecule has 1 atom stereocenters. The lowest BCUT2D eigenvalue weighted by atomic mass is 10.3. The molecule has 0 aromatic rings. The van der Waals surface area contributed by atoms with Crippen LogP contribution in [-0.2, 0) is 4.74 Å². The van der Waals surface area contributed by atoms with Crippen molar-refractivity contribution >= 4 is 5.96 Å². The third-order valence-electron chi connectivity index (χ3n) is 2.51. The summed E-state index contributed by atoms with van der Waals surface area (Å²) in [4.78, 5) is 6.56. The van der Waals surface area contributed by atoms with Crippen LogP contribution in [0.15, 0.2) is 4.99 Å². The Labute approximate surface area is 84.5 Å². The van der Waals surface area contributed by atoms with Gasteiger partial charge in [0.25, 0.3) is 0 Å². The van der Waals surface area contributed by atoms with Gasteiger partial charge < -0.3 is 20.3 Å². The first kappa shape index (κ1) is 9.73. The molecule has 14 heavy (non-hydrogen) atoms. The number of nitrogens with one attached hydrogen (secondary N) is 2. The van der Waals surface area contributed by atoms with Crippen LogP contribution in [0.5, 0.6) is 0 Å². The van der Waals surface area contributed by atoms with E-state index >= 15 is 0 Å². The Morgan fingerprint density at radius 3 is 3.36 bits per heavy atom. The van der Waals surface area contributed by atoms with E-state index in [1.54, 1.807) is 0 Å². The molecule has 0 aromatic heterocycles. The van der Waals surface area contributed by atoms with Gasteiger partial charge in [-0.05, 0) is 7.05 Å². The van der Waals surface area contributed by atoms with E-state index < -0.39 is 0 Å². The first-order chi connectivity index (χ1) is 6.84. The lowest BCUT2D eigenvalue weighted by Gasteiger charge is -2.30. The molecule has 0 aliphatic carbocycles. The van der Waals surface area contributed by atoms with Crippen LogP contribution >= 0.6 is 0 Å². The molecule has 2 N–H and O–H groups in total. The number of hydrogen-bond acceptors (Lipinski definition) is 5. The van der Waals surface area contributed by atoms with Crippen molar-refractivity contribution in [2.45, 2.75) is 6.10 Å². The zero-order valence-corrected chi connectivity index (χ0v) is 8.62. The number of hydrogen-bond donors (Lipinski definition) is 2. The molecule has 2 aliphatic heterocycles. The maximum atomic E-state index is 5.62. The molecule has 5 nitrogen and oxygen atoms in total. The van der Waals surface area contributed by atoms with E-state index in [1.807, 2.05) is 0 Å². The number of rotatable bonds is 2. The average Bonchev–Trinajstić information content (AvgIpc) is 2.67. The van der Waals surface area contributed by atoms with Gasteiger partial charge in [0.1, 0.15) is 0 Å². The van der Waals surface area contributed by atoms with Crippen molar-refractivity contribution in [3.8, 4) is 0 Å². The highest BCUT2D eigenvalue weighted by molar-refractivity contribution is 5.81. The standard InChI is InChI=1S/C9H18N4O/c1-13-4-5-14-8(7-13)6-12-9-10-2-3-11-9/h8H,2-7H2,1H3,(H2,10,11,12). The highest BCUT2D eigenvalue weighted by Crippen LogP contribution is 2.01. The fourth-order valence-corrected chi connectivity index (χ4v) is 1.72. The van der Waals surface area contributed by atoms with Crippen molar-refractivity contribution in [2.75, 3.05) is 46.4 Å². The summed E-state index contributed by atoms with van der Waals surface area (Å²) in [5.74, 6) is 0.918. The van der Waals surface area contributed by atoms with Crippen molar-refractivity contribution in [2.24, 2.45) is 4.99 Å². The van der Waals surface area contributed by atoms with Gasteiger partial charge in [-0.1, -0.05) is 0 Å². The maximum Gasteiger partial charge on any atom is 0.191 e. The molecule has 1 fully saturated rings. The second-order valence-corrected chi connectivity index (χ2v) is 3.79. The smallest absolute Gasteiger partial charge is 0.191 e. The summed E-state index contributed by atoms with van der Waals surface area (Å²) in [6, 6.07) is 0. The van der Waals surface area contributed by atoms with Crippen molar-refractivity contribution < 1.29 is 4.74 Å². The summed E-state index contributed by atoms with van der Waals surface area (Å²) in [5.41, 5.74) is 0. The number of ether oxygens (including phenoxy) is 1. The fraction of sp³-hybridized carbons (Fsp3) is 0.889. The topological polar surface area (TPSA) is 48.9 Å². The molecular formula is C9H18N4O. The third kappa shape index (κ3) is 2.59. The number of guanidine groups is 1. The third-order valence-corrected chi connectivity index (χ3v) is 2.51. The normalized spacial score (nSPS) is 28.4. The lowest BCUT2D eigenvalue weighted by Crippen LogP contribution is -2.47. The molecular weight excluding hydrogens is 180 g/mol. The van der Waals surface area contributed by atoms with Crippen LogP contribution in [0, 0.1) is 0 Å². The quantitative estimate of drug-likeness (QED) is 0.589. The van der Waals surface area contributed by atoms with Gasteiger partial charge in [0.2, 0.25) is 0 Å². The van der Waals surface area contributed by atoms with Crippen LogP contribution in [-0.4, -0.2) is 63.3 Å². The summed E-state index contributed by atoms with van der Waals surface area (Å²) in [5, 5.41) is 6.44. The molecule has 0 bridgehead atoms. The molecule has 0 spiro atoms. The number of nitrogens with zero attached hydrogens (tertiary/aromatic N) is 2. The molecule has 0 saturated carbocycles. The minimum absolute atomic E-state index is 0.291. The Morgan fingerprint density at radius 2 is 2.64 bits per heavy atom. The van der Waals surface area contributed by atoms with E-state index in [9.17, 15) is 0 Å². The molecule has 1 unspecified atom stereocenters. The van der Waals surface area contributed by atoms with E-state index in [4.69, 9.17) is 4.74 Å². The molecule has 1 saturated heterocycles. The van der Waals surface area contributed by atoms with Crippen LogP contribution in [0.4, 0.5) is 0 Å². The summed E-state index contributed by atoms with van der Waals surface area (Å²) in [7, 11) is 2.13. The fourth-order valence-electron chi connectivity index (χ4n) is 1.72. The lowest BCUT2D eigenvalue weighted by molar-refractivity contribution is -0.0160. The summed E-state index contributed by atoms with van der Waals surface area (Å²) in [6.45, 7) is 5.55. The van der Waals surface area contributed by atoms with Gasteiger partial charge in [-0.2, -0.15) is 0 Å². The van der Waals surface area contributed by atoms with Crippen molar-refractivity contribution in [1.82, 2.24) is 15.5 Å². The zero-order chi connectivity index (χ0) is 9.80. The Hall–Kier alpha value is -0.810. The van der Waals surface area contributed by atoms with Gasteiger partial charge in [0.15, 0.2) is 5.96 Å². The largest absolute Gasteiger partial charge is 0.374 e. The summed E-state index contributed by atoms with van der Waals surface area (Å²) >= 11 is 0. The summed E-state index contributed by atoms with van der Waals surface area (Å²) in [6.07, 6.45) is 0.291. The van der Waals surface area contributed by atoms with Gasteiger partial charge >= 0.3 is 0 Å². The Balaban J connectivity index is 1.69. The van der Waals surface area contributed by atoms with E-state index in [0.717, 1.165) is 45.3 Å². The molecule has 2 heterocycles. The second-order valence-electron chi connectivity index (χ2n) is 3.79. The predicted octanol–water partition coefficient (Wildman–Crippen LogP) is -1.13. The Bertz CT molecular complexity index is 219. The first-order valence-corrected chi connectivity index (χ1v) is 5.17. The molecule has 5 heteroatoms. The summed E-state index contributed by atoms with van der Waals surface area (Å²) < 4.78 is 5.62. The van der Waals surface area contributed by atoms with Crippen molar-refractivity contribution in [3.63, 3.8) is 0 Å². The number of likely N-dealkylation sites (N-methyl/N-ethyl adjacent to an activating group) is 1. The highest BCUT2D eigenvalue weighted by Gasteiger charge is 2.17. The van der Waals surface area contributed by atoms with Crippen LogP contribution < -0.4 is 10.6 Å². The number of aliphatic imine (C=N–C) groups is 1. The van der Waals surface area contributed by atoms with Crippen LogP contribution in [0.2, 0.25) is 0 Å². The zero-order valence-electron chi connectivity index (χ0n) is 8.62. The first-order valence-electron chi connectivity index (χ1n) is 5.17.